The number of hydrogen-bond acceptors (Lipinski definition) is 4. The molecule has 1 aromatic heterocycles. The predicted octanol–water partition coefficient (Wildman–Crippen LogP) is 2.59. The van der Waals surface area contributed by atoms with Gasteiger partial charge < -0.3 is 11.1 Å². The summed E-state index contributed by atoms with van der Waals surface area (Å²) in [5, 5.41) is 5.76. The van der Waals surface area contributed by atoms with E-state index in [1.807, 2.05) is 5.38 Å². The first-order valence-electron chi connectivity index (χ1n) is 7.03. The largest absolute Gasteiger partial charge is 0.350 e. The third-order valence-corrected chi connectivity index (χ3v) is 4.93. The van der Waals surface area contributed by atoms with Crippen LogP contribution in [0.2, 0.25) is 0 Å². The molecular formula is C14H25N3OS. The van der Waals surface area contributed by atoms with Crippen LogP contribution >= 0.6 is 11.3 Å². The first kappa shape index (κ1) is 16.1. The highest BCUT2D eigenvalue weighted by Gasteiger charge is 2.25. The van der Waals surface area contributed by atoms with Crippen molar-refractivity contribution in [2.24, 2.45) is 11.1 Å². The molecule has 0 saturated carbocycles. The van der Waals surface area contributed by atoms with Crippen LogP contribution in [0.5, 0.6) is 0 Å². The molecule has 108 valence electrons. The Labute approximate surface area is 119 Å². The Morgan fingerprint density at radius 1 is 1.37 bits per heavy atom. The molecule has 0 saturated heterocycles. The van der Waals surface area contributed by atoms with E-state index in [1.54, 1.807) is 0 Å². The molecule has 0 spiro atoms. The Bertz CT molecular complexity index is 391. The molecule has 0 aliphatic heterocycles. The van der Waals surface area contributed by atoms with Gasteiger partial charge in [-0.25, -0.2) is 4.98 Å². The van der Waals surface area contributed by atoms with Gasteiger partial charge in [-0.05, 0) is 31.2 Å². The summed E-state index contributed by atoms with van der Waals surface area (Å²) in [5.74, 6) is -0.0701. The summed E-state index contributed by atoms with van der Waals surface area (Å²) in [6.07, 6.45) is 3.97. The normalized spacial score (nSPS) is 11.6. The third-order valence-electron chi connectivity index (χ3n) is 4.02. The van der Waals surface area contributed by atoms with Crippen LogP contribution in [0, 0.1) is 5.41 Å². The zero-order valence-corrected chi connectivity index (χ0v) is 13.0. The molecule has 1 rings (SSSR count). The van der Waals surface area contributed by atoms with Crippen LogP contribution in [-0.2, 0) is 6.42 Å². The Balaban J connectivity index is 2.58. The zero-order valence-electron chi connectivity index (χ0n) is 12.2. The highest BCUT2D eigenvalue weighted by molar-refractivity contribution is 7.09. The van der Waals surface area contributed by atoms with Gasteiger partial charge in [0.05, 0.1) is 5.01 Å². The maximum atomic E-state index is 12.1. The quantitative estimate of drug-likeness (QED) is 0.770. The van der Waals surface area contributed by atoms with Crippen molar-refractivity contribution in [3.63, 3.8) is 0 Å². The highest BCUT2D eigenvalue weighted by Crippen LogP contribution is 2.29. The van der Waals surface area contributed by atoms with Crippen molar-refractivity contribution in [3.05, 3.63) is 16.1 Å². The van der Waals surface area contributed by atoms with E-state index in [9.17, 15) is 4.79 Å². The summed E-state index contributed by atoms with van der Waals surface area (Å²) in [6.45, 7) is 7.84. The van der Waals surface area contributed by atoms with Crippen molar-refractivity contribution < 1.29 is 4.79 Å². The molecule has 0 radical (unpaired) electrons. The number of nitrogens with one attached hydrogen (secondary N) is 1. The average molecular weight is 283 g/mol. The van der Waals surface area contributed by atoms with Gasteiger partial charge in [0.15, 0.2) is 0 Å². The lowest BCUT2D eigenvalue weighted by Crippen LogP contribution is -2.36. The van der Waals surface area contributed by atoms with E-state index in [0.717, 1.165) is 37.2 Å². The van der Waals surface area contributed by atoms with Crippen LogP contribution in [0.15, 0.2) is 5.38 Å². The summed E-state index contributed by atoms with van der Waals surface area (Å²) in [7, 11) is 0. The highest BCUT2D eigenvalue weighted by atomic mass is 32.1. The van der Waals surface area contributed by atoms with Crippen molar-refractivity contribution in [2.75, 3.05) is 13.1 Å². The fourth-order valence-corrected chi connectivity index (χ4v) is 2.93. The minimum absolute atomic E-state index is 0.0701. The average Bonchev–Trinajstić information content (AvgIpc) is 2.90. The standard InChI is InChI=1S/C14H25N3OS/c1-4-14(5-2,6-3)10-16-13(18)11-9-19-12(17-11)7-8-15/h9H,4-8,10,15H2,1-3H3,(H,16,18). The lowest BCUT2D eigenvalue weighted by molar-refractivity contribution is 0.0919. The fraction of sp³-hybridized carbons (Fsp3) is 0.714. The molecule has 0 fully saturated rings. The van der Waals surface area contributed by atoms with Crippen LogP contribution in [-0.4, -0.2) is 24.0 Å². The monoisotopic (exact) mass is 283 g/mol. The number of rotatable bonds is 8. The van der Waals surface area contributed by atoms with Gasteiger partial charge in [0.25, 0.3) is 5.91 Å². The maximum Gasteiger partial charge on any atom is 0.270 e. The fourth-order valence-electron chi connectivity index (χ4n) is 2.14. The third kappa shape index (κ3) is 4.28. The lowest BCUT2D eigenvalue weighted by Gasteiger charge is -2.30. The Hall–Kier alpha value is -0.940. The lowest BCUT2D eigenvalue weighted by atomic mass is 9.80. The molecule has 19 heavy (non-hydrogen) atoms. The molecule has 0 aliphatic rings. The van der Waals surface area contributed by atoms with Gasteiger partial charge in [-0.1, -0.05) is 20.8 Å². The molecule has 4 nitrogen and oxygen atoms in total. The molecule has 0 aromatic carbocycles. The molecule has 0 aliphatic carbocycles. The first-order chi connectivity index (χ1) is 9.10. The van der Waals surface area contributed by atoms with Crippen molar-refractivity contribution in [1.29, 1.82) is 0 Å². The second-order valence-corrected chi connectivity index (χ2v) is 5.85. The number of amides is 1. The van der Waals surface area contributed by atoms with Crippen molar-refractivity contribution >= 4 is 17.2 Å². The second-order valence-electron chi connectivity index (χ2n) is 4.91. The molecule has 0 bridgehead atoms. The smallest absolute Gasteiger partial charge is 0.270 e. The number of hydrogen-bond donors (Lipinski definition) is 2. The summed E-state index contributed by atoms with van der Waals surface area (Å²) in [5.41, 5.74) is 6.22. The number of thiazole rings is 1. The molecular weight excluding hydrogens is 258 g/mol. The number of nitrogens with zero attached hydrogens (tertiary/aromatic N) is 1. The zero-order chi connectivity index (χ0) is 14.3. The number of carbonyl (C=O) groups is 1. The topological polar surface area (TPSA) is 68.0 Å². The molecule has 0 atom stereocenters. The van der Waals surface area contributed by atoms with Gasteiger partial charge in [-0.3, -0.25) is 4.79 Å². The SMILES string of the molecule is CCC(CC)(CC)CNC(=O)c1csc(CCN)n1. The molecule has 3 N–H and O–H groups in total. The molecule has 1 heterocycles. The molecule has 1 aromatic rings. The van der Waals surface area contributed by atoms with Gasteiger partial charge >= 0.3 is 0 Å². The van der Waals surface area contributed by atoms with Crippen molar-refractivity contribution in [3.8, 4) is 0 Å². The number of aromatic nitrogens is 1. The summed E-state index contributed by atoms with van der Waals surface area (Å²) >= 11 is 1.50. The van der Waals surface area contributed by atoms with Crippen LogP contribution in [0.25, 0.3) is 0 Å². The Morgan fingerprint density at radius 2 is 2.00 bits per heavy atom. The minimum Gasteiger partial charge on any atom is -0.350 e. The van der Waals surface area contributed by atoms with E-state index in [0.29, 0.717) is 12.2 Å². The van der Waals surface area contributed by atoms with E-state index in [-0.39, 0.29) is 11.3 Å². The summed E-state index contributed by atoms with van der Waals surface area (Å²) in [4.78, 5) is 16.4. The van der Waals surface area contributed by atoms with Gasteiger partial charge in [-0.2, -0.15) is 0 Å². The predicted molar refractivity (Wildman–Crippen MR) is 80.5 cm³/mol. The Morgan fingerprint density at radius 3 is 2.53 bits per heavy atom. The summed E-state index contributed by atoms with van der Waals surface area (Å²) < 4.78 is 0. The van der Waals surface area contributed by atoms with Crippen molar-refractivity contribution in [2.45, 2.75) is 46.5 Å². The van der Waals surface area contributed by atoms with Gasteiger partial charge in [-0.15, -0.1) is 11.3 Å². The molecule has 0 unspecified atom stereocenters. The second kappa shape index (κ2) is 7.60. The summed E-state index contributed by atoms with van der Waals surface area (Å²) in [6, 6.07) is 0. The van der Waals surface area contributed by atoms with Gasteiger partial charge in [0.2, 0.25) is 0 Å². The maximum absolute atomic E-state index is 12.1. The van der Waals surface area contributed by atoms with Gasteiger partial charge in [0, 0.05) is 18.3 Å². The van der Waals surface area contributed by atoms with Crippen molar-refractivity contribution in [1.82, 2.24) is 10.3 Å². The van der Waals surface area contributed by atoms with Crippen LogP contribution in [0.3, 0.4) is 0 Å². The number of carbonyl (C=O) groups excluding carboxylic acids is 1. The van der Waals surface area contributed by atoms with E-state index in [2.05, 4.69) is 31.1 Å². The van der Waals surface area contributed by atoms with E-state index < -0.39 is 0 Å². The molecule has 5 heteroatoms. The van der Waals surface area contributed by atoms with E-state index in [1.165, 1.54) is 11.3 Å². The van der Waals surface area contributed by atoms with E-state index in [4.69, 9.17) is 5.73 Å². The van der Waals surface area contributed by atoms with Crippen LogP contribution in [0.1, 0.15) is 55.5 Å². The Kier molecular flexibility index (Phi) is 6.45. The van der Waals surface area contributed by atoms with Crippen LogP contribution < -0.4 is 11.1 Å². The number of nitrogens with two attached hydrogens (primary N) is 1. The molecule has 1 amide bonds. The van der Waals surface area contributed by atoms with Gasteiger partial charge in [0.1, 0.15) is 5.69 Å². The first-order valence-corrected chi connectivity index (χ1v) is 7.91. The minimum atomic E-state index is -0.0701. The van der Waals surface area contributed by atoms with E-state index >= 15 is 0 Å². The van der Waals surface area contributed by atoms with Crippen LogP contribution in [0.4, 0.5) is 0 Å².